The number of carbonyl (C=O) groups is 1. The fourth-order valence-corrected chi connectivity index (χ4v) is 5.63. The molecule has 3 aromatic carbocycles. The average Bonchev–Trinajstić information content (AvgIpc) is 2.89. The Morgan fingerprint density at radius 3 is 2.49 bits per heavy atom. The Hall–Kier alpha value is -2.92. The quantitative estimate of drug-likeness (QED) is 0.238. The highest BCUT2D eigenvalue weighted by atomic mass is 127. The van der Waals surface area contributed by atoms with Crippen molar-refractivity contribution >= 4 is 51.0 Å². The first-order chi connectivity index (χ1) is 17.9. The summed E-state index contributed by atoms with van der Waals surface area (Å²) in [5, 5.41) is 14.1. The minimum Gasteiger partial charge on any atom is -0.508 e. The second-order valence-corrected chi connectivity index (χ2v) is 10.4. The highest BCUT2D eigenvalue weighted by Crippen LogP contribution is 2.26. The summed E-state index contributed by atoms with van der Waals surface area (Å²) < 4.78 is 7.76. The first kappa shape index (κ1) is 25.7. The van der Waals surface area contributed by atoms with Crippen LogP contribution in [-0.4, -0.2) is 46.8 Å². The average molecular weight is 630 g/mol. The van der Waals surface area contributed by atoms with Crippen molar-refractivity contribution in [2.75, 3.05) is 26.3 Å². The van der Waals surface area contributed by atoms with Gasteiger partial charge in [-0.3, -0.25) is 14.5 Å². The normalized spacial score (nSPS) is 14.1. The number of amides is 1. The third-order valence-electron chi connectivity index (χ3n) is 6.37. The van der Waals surface area contributed by atoms with E-state index in [0.29, 0.717) is 45.1 Å². The van der Waals surface area contributed by atoms with Crippen molar-refractivity contribution in [1.29, 1.82) is 0 Å². The van der Waals surface area contributed by atoms with E-state index in [1.54, 1.807) is 30.3 Å². The molecule has 1 aromatic heterocycles. The maximum absolute atomic E-state index is 13.8. The van der Waals surface area contributed by atoms with Crippen molar-refractivity contribution in [2.45, 2.75) is 13.1 Å². The Kier molecular flexibility index (Phi) is 7.80. The number of carbonyl (C=O) groups excluding carboxylic acids is 1. The number of nitrogens with zero attached hydrogens (tertiary/aromatic N) is 2. The SMILES string of the molecule is O=C(NCc1ccc(Cl)cc1)c1c(I)n(-c2cccc(O)c2)c2ccc(CN3CCOCC3)cc2c1=O. The highest BCUT2D eigenvalue weighted by molar-refractivity contribution is 14.1. The molecule has 1 aliphatic heterocycles. The van der Waals surface area contributed by atoms with Crippen LogP contribution in [0.3, 0.4) is 0 Å². The molecule has 7 nitrogen and oxygen atoms in total. The zero-order chi connectivity index (χ0) is 25.9. The maximum atomic E-state index is 13.8. The second kappa shape index (κ2) is 11.2. The molecule has 190 valence electrons. The van der Waals surface area contributed by atoms with Crippen LogP contribution in [0.2, 0.25) is 5.02 Å². The van der Waals surface area contributed by atoms with Crippen molar-refractivity contribution in [3.63, 3.8) is 0 Å². The lowest BCUT2D eigenvalue weighted by Gasteiger charge is -2.26. The van der Waals surface area contributed by atoms with Crippen LogP contribution in [0.4, 0.5) is 0 Å². The van der Waals surface area contributed by atoms with Crippen molar-refractivity contribution in [1.82, 2.24) is 14.8 Å². The predicted octanol–water partition coefficient (Wildman–Crippen LogP) is 4.72. The predicted molar refractivity (Wildman–Crippen MR) is 153 cm³/mol. The molecule has 0 bridgehead atoms. The molecular formula is C28H25ClIN3O4. The zero-order valence-corrected chi connectivity index (χ0v) is 22.8. The van der Waals surface area contributed by atoms with Crippen LogP contribution < -0.4 is 10.7 Å². The van der Waals surface area contributed by atoms with Gasteiger partial charge in [-0.2, -0.15) is 0 Å². The zero-order valence-electron chi connectivity index (χ0n) is 19.9. The number of ether oxygens (including phenoxy) is 1. The monoisotopic (exact) mass is 629 g/mol. The van der Waals surface area contributed by atoms with Gasteiger partial charge in [0.1, 0.15) is 15.0 Å². The lowest BCUT2D eigenvalue weighted by molar-refractivity contribution is 0.0342. The summed E-state index contributed by atoms with van der Waals surface area (Å²) in [6.07, 6.45) is 0. The number of rotatable bonds is 6. The molecule has 9 heteroatoms. The minimum atomic E-state index is -0.460. The number of halogens is 2. The summed E-state index contributed by atoms with van der Waals surface area (Å²) in [5.41, 5.74) is 2.92. The number of aromatic hydroxyl groups is 1. The molecule has 37 heavy (non-hydrogen) atoms. The Labute approximate surface area is 232 Å². The van der Waals surface area contributed by atoms with Crippen LogP contribution in [0.25, 0.3) is 16.6 Å². The molecule has 1 saturated heterocycles. The summed E-state index contributed by atoms with van der Waals surface area (Å²) in [4.78, 5) is 29.4. The third-order valence-corrected chi connectivity index (χ3v) is 7.64. The fourth-order valence-electron chi connectivity index (χ4n) is 4.48. The second-order valence-electron chi connectivity index (χ2n) is 8.90. The molecule has 0 spiro atoms. The van der Waals surface area contributed by atoms with Crippen LogP contribution in [0, 0.1) is 3.70 Å². The largest absolute Gasteiger partial charge is 0.508 e. The number of phenols is 1. The summed E-state index contributed by atoms with van der Waals surface area (Å²) >= 11 is 8.01. The molecule has 0 aliphatic carbocycles. The number of aromatic nitrogens is 1. The molecule has 0 unspecified atom stereocenters. The molecule has 2 heterocycles. The van der Waals surface area contributed by atoms with E-state index >= 15 is 0 Å². The smallest absolute Gasteiger partial charge is 0.258 e. The number of pyridine rings is 1. The van der Waals surface area contributed by atoms with Crippen molar-refractivity contribution in [3.8, 4) is 11.4 Å². The van der Waals surface area contributed by atoms with Crippen molar-refractivity contribution in [2.24, 2.45) is 0 Å². The molecule has 2 N–H and O–H groups in total. The number of phenolic OH excluding ortho intramolecular Hbond substituents is 1. The van der Waals surface area contributed by atoms with Gasteiger partial charge in [-0.05, 0) is 70.1 Å². The standard InChI is InChI=1S/C28H25ClIN3O4/c29-20-7-4-18(5-8-20)16-31-28(36)25-26(35)23-14-19(17-32-10-12-37-13-11-32)6-9-24(23)33(27(25)30)21-2-1-3-22(34)15-21/h1-9,14-15,34H,10-13,16-17H2,(H,31,36). The molecule has 5 rings (SSSR count). The van der Waals surface area contributed by atoms with Crippen molar-refractivity contribution in [3.05, 3.63) is 102 Å². The molecule has 1 amide bonds. The number of nitrogens with one attached hydrogen (secondary N) is 1. The van der Waals surface area contributed by atoms with Crippen LogP contribution in [0.5, 0.6) is 5.75 Å². The van der Waals surface area contributed by atoms with Crippen LogP contribution >= 0.6 is 34.2 Å². The number of morpholine rings is 1. The molecule has 4 aromatic rings. The summed E-state index contributed by atoms with van der Waals surface area (Å²) in [7, 11) is 0. The number of hydrogen-bond acceptors (Lipinski definition) is 5. The van der Waals surface area contributed by atoms with Gasteiger partial charge in [0, 0.05) is 42.7 Å². The summed E-state index contributed by atoms with van der Waals surface area (Å²) in [6.45, 7) is 3.98. The molecule has 0 radical (unpaired) electrons. The van der Waals surface area contributed by atoms with Crippen LogP contribution in [-0.2, 0) is 17.8 Å². The van der Waals surface area contributed by atoms with E-state index in [2.05, 4.69) is 10.2 Å². The highest BCUT2D eigenvalue weighted by Gasteiger charge is 2.23. The van der Waals surface area contributed by atoms with Gasteiger partial charge >= 0.3 is 0 Å². The molecule has 0 atom stereocenters. The van der Waals surface area contributed by atoms with Gasteiger partial charge in [0.25, 0.3) is 5.91 Å². The lowest BCUT2D eigenvalue weighted by Crippen LogP contribution is -2.35. The number of hydrogen-bond donors (Lipinski definition) is 2. The van der Waals surface area contributed by atoms with Gasteiger partial charge < -0.3 is 19.7 Å². The Morgan fingerprint density at radius 2 is 1.76 bits per heavy atom. The van der Waals surface area contributed by atoms with E-state index in [4.69, 9.17) is 16.3 Å². The van der Waals surface area contributed by atoms with E-state index in [1.807, 2.05) is 63.6 Å². The number of fused-ring (bicyclic) bond motifs is 1. The minimum absolute atomic E-state index is 0.0638. The third kappa shape index (κ3) is 5.67. The fraction of sp³-hybridized carbons (Fsp3) is 0.214. The molecular weight excluding hydrogens is 605 g/mol. The first-order valence-corrected chi connectivity index (χ1v) is 13.4. The Balaban J connectivity index is 1.59. The van der Waals surface area contributed by atoms with E-state index in [1.165, 1.54) is 0 Å². The van der Waals surface area contributed by atoms with Gasteiger partial charge in [0.2, 0.25) is 5.43 Å². The van der Waals surface area contributed by atoms with Gasteiger partial charge in [-0.1, -0.05) is 35.9 Å². The Bertz CT molecular complexity index is 1510. The number of benzene rings is 3. The van der Waals surface area contributed by atoms with E-state index in [-0.39, 0.29) is 23.3 Å². The maximum Gasteiger partial charge on any atom is 0.258 e. The van der Waals surface area contributed by atoms with Crippen LogP contribution in [0.15, 0.2) is 71.5 Å². The summed E-state index contributed by atoms with van der Waals surface area (Å²) in [5.74, 6) is -0.364. The molecule has 0 saturated carbocycles. The summed E-state index contributed by atoms with van der Waals surface area (Å²) in [6, 6.07) is 19.7. The van der Waals surface area contributed by atoms with Gasteiger partial charge in [0.05, 0.1) is 24.4 Å². The topological polar surface area (TPSA) is 83.8 Å². The van der Waals surface area contributed by atoms with Gasteiger partial charge in [-0.15, -0.1) is 0 Å². The molecule has 1 fully saturated rings. The van der Waals surface area contributed by atoms with E-state index in [9.17, 15) is 14.7 Å². The molecule has 1 aliphatic rings. The Morgan fingerprint density at radius 1 is 1.03 bits per heavy atom. The van der Waals surface area contributed by atoms with Gasteiger partial charge in [0.15, 0.2) is 0 Å². The van der Waals surface area contributed by atoms with Crippen molar-refractivity contribution < 1.29 is 14.6 Å². The van der Waals surface area contributed by atoms with Crippen LogP contribution in [0.1, 0.15) is 21.5 Å². The van der Waals surface area contributed by atoms with E-state index < -0.39 is 5.91 Å². The lowest BCUT2D eigenvalue weighted by atomic mass is 10.1. The van der Waals surface area contributed by atoms with Gasteiger partial charge in [-0.25, -0.2) is 0 Å². The van der Waals surface area contributed by atoms with E-state index in [0.717, 1.165) is 24.2 Å². The first-order valence-electron chi connectivity index (χ1n) is 11.9.